The Morgan fingerprint density at radius 3 is 2.69 bits per heavy atom. The Bertz CT molecular complexity index is 502. The van der Waals surface area contributed by atoms with Crippen LogP contribution in [-0.2, 0) is 11.2 Å². The summed E-state index contributed by atoms with van der Waals surface area (Å²) >= 11 is 5.80. The number of nitrogens with zero attached hydrogens (tertiary/aromatic N) is 2. The van der Waals surface area contributed by atoms with Crippen LogP contribution in [0.5, 0.6) is 0 Å². The van der Waals surface area contributed by atoms with Crippen LogP contribution in [0.1, 0.15) is 12.5 Å². The molecule has 1 aromatic heterocycles. The molecule has 1 aromatic carbocycles. The second kappa shape index (κ2) is 4.49. The minimum absolute atomic E-state index is 0.135. The van der Waals surface area contributed by atoms with Gasteiger partial charge in [0.05, 0.1) is 11.9 Å². The molecule has 2 aromatic rings. The van der Waals surface area contributed by atoms with E-state index in [1.807, 2.05) is 30.5 Å². The number of Topliss-reactive ketones (excluding diaryl/α,β-unsaturated/α-hetero) is 1. The number of halogens is 1. The number of rotatable bonds is 3. The minimum atomic E-state index is 0.135. The first-order valence-corrected chi connectivity index (χ1v) is 5.32. The largest absolute Gasteiger partial charge is 0.300 e. The number of ketones is 1. The Morgan fingerprint density at radius 2 is 2.06 bits per heavy atom. The van der Waals surface area contributed by atoms with Crippen molar-refractivity contribution in [2.24, 2.45) is 0 Å². The maximum absolute atomic E-state index is 10.9. The molecule has 0 bridgehead atoms. The molecule has 0 N–H and O–H groups in total. The predicted molar refractivity (Wildman–Crippen MR) is 63.0 cm³/mol. The van der Waals surface area contributed by atoms with Gasteiger partial charge in [0.15, 0.2) is 0 Å². The Morgan fingerprint density at radius 1 is 1.38 bits per heavy atom. The first-order valence-electron chi connectivity index (χ1n) is 4.94. The van der Waals surface area contributed by atoms with Crippen LogP contribution in [0.25, 0.3) is 5.69 Å². The molecule has 0 spiro atoms. The van der Waals surface area contributed by atoms with E-state index < -0.39 is 0 Å². The van der Waals surface area contributed by atoms with E-state index in [0.29, 0.717) is 11.4 Å². The summed E-state index contributed by atoms with van der Waals surface area (Å²) in [5.74, 6) is 0.135. The molecule has 0 amide bonds. The first kappa shape index (κ1) is 10.9. The Hall–Kier alpha value is -1.61. The molecule has 4 heteroatoms. The van der Waals surface area contributed by atoms with Gasteiger partial charge < -0.3 is 0 Å². The maximum Gasteiger partial charge on any atom is 0.134 e. The SMILES string of the molecule is CC(=O)Cc1cnn(-c2ccc(Cl)cc2)c1. The van der Waals surface area contributed by atoms with Crippen LogP contribution < -0.4 is 0 Å². The van der Waals surface area contributed by atoms with Crippen LogP contribution in [0.3, 0.4) is 0 Å². The molecule has 0 radical (unpaired) electrons. The number of hydrogen-bond acceptors (Lipinski definition) is 2. The summed E-state index contributed by atoms with van der Waals surface area (Å²) in [6.07, 6.45) is 3.98. The Kier molecular flexibility index (Phi) is 3.06. The second-order valence-corrected chi connectivity index (χ2v) is 4.08. The van der Waals surface area contributed by atoms with E-state index in [0.717, 1.165) is 11.3 Å². The van der Waals surface area contributed by atoms with Gasteiger partial charge in [0.1, 0.15) is 5.78 Å². The molecule has 3 nitrogen and oxygen atoms in total. The number of carbonyl (C=O) groups excluding carboxylic acids is 1. The Balaban J connectivity index is 2.24. The van der Waals surface area contributed by atoms with E-state index in [4.69, 9.17) is 11.6 Å². The summed E-state index contributed by atoms with van der Waals surface area (Å²) in [7, 11) is 0. The van der Waals surface area contributed by atoms with Gasteiger partial charge in [-0.25, -0.2) is 4.68 Å². The smallest absolute Gasteiger partial charge is 0.134 e. The summed E-state index contributed by atoms with van der Waals surface area (Å²) in [6.45, 7) is 1.57. The third-order valence-corrected chi connectivity index (χ3v) is 2.43. The van der Waals surface area contributed by atoms with Gasteiger partial charge in [0.25, 0.3) is 0 Å². The van der Waals surface area contributed by atoms with Crippen LogP contribution >= 0.6 is 11.6 Å². The van der Waals surface area contributed by atoms with Crippen molar-refractivity contribution in [3.05, 3.63) is 47.2 Å². The lowest BCUT2D eigenvalue weighted by Crippen LogP contribution is -1.95. The fourth-order valence-electron chi connectivity index (χ4n) is 1.47. The average molecular weight is 235 g/mol. The highest BCUT2D eigenvalue weighted by atomic mass is 35.5. The molecule has 82 valence electrons. The zero-order valence-corrected chi connectivity index (χ0v) is 9.61. The van der Waals surface area contributed by atoms with Crippen LogP contribution in [0.15, 0.2) is 36.7 Å². The van der Waals surface area contributed by atoms with E-state index in [9.17, 15) is 4.79 Å². The molecule has 0 saturated heterocycles. The number of carbonyl (C=O) groups is 1. The van der Waals surface area contributed by atoms with Gasteiger partial charge in [0, 0.05) is 17.6 Å². The van der Waals surface area contributed by atoms with Crippen molar-refractivity contribution >= 4 is 17.4 Å². The van der Waals surface area contributed by atoms with Crippen LogP contribution in [0.4, 0.5) is 0 Å². The van der Waals surface area contributed by atoms with E-state index in [1.165, 1.54) is 0 Å². The zero-order chi connectivity index (χ0) is 11.5. The first-order chi connectivity index (χ1) is 7.65. The molecule has 0 aliphatic rings. The van der Waals surface area contributed by atoms with Crippen molar-refractivity contribution in [1.29, 1.82) is 0 Å². The molecular formula is C12H11ClN2O. The van der Waals surface area contributed by atoms with Gasteiger partial charge in [-0.05, 0) is 36.8 Å². The van der Waals surface area contributed by atoms with Crippen molar-refractivity contribution < 1.29 is 4.79 Å². The summed E-state index contributed by atoms with van der Waals surface area (Å²) in [5.41, 5.74) is 1.85. The van der Waals surface area contributed by atoms with E-state index in [-0.39, 0.29) is 5.78 Å². The van der Waals surface area contributed by atoms with Gasteiger partial charge in [-0.15, -0.1) is 0 Å². The van der Waals surface area contributed by atoms with Crippen molar-refractivity contribution in [3.63, 3.8) is 0 Å². The summed E-state index contributed by atoms with van der Waals surface area (Å²) in [5, 5.41) is 4.88. The monoisotopic (exact) mass is 234 g/mol. The third-order valence-electron chi connectivity index (χ3n) is 2.18. The number of hydrogen-bond donors (Lipinski definition) is 0. The highest BCUT2D eigenvalue weighted by molar-refractivity contribution is 6.30. The van der Waals surface area contributed by atoms with Gasteiger partial charge in [0.2, 0.25) is 0 Å². The highest BCUT2D eigenvalue weighted by Gasteiger charge is 2.03. The molecule has 2 rings (SSSR count). The third kappa shape index (κ3) is 2.49. The quantitative estimate of drug-likeness (QED) is 0.819. The normalized spacial score (nSPS) is 10.4. The zero-order valence-electron chi connectivity index (χ0n) is 8.85. The molecule has 16 heavy (non-hydrogen) atoms. The second-order valence-electron chi connectivity index (χ2n) is 3.65. The van der Waals surface area contributed by atoms with Gasteiger partial charge >= 0.3 is 0 Å². The minimum Gasteiger partial charge on any atom is -0.300 e. The fraction of sp³-hybridized carbons (Fsp3) is 0.167. The number of aromatic nitrogens is 2. The summed E-state index contributed by atoms with van der Waals surface area (Å²) in [4.78, 5) is 10.9. The lowest BCUT2D eigenvalue weighted by molar-refractivity contribution is -0.116. The van der Waals surface area contributed by atoms with Crippen molar-refractivity contribution in [2.45, 2.75) is 13.3 Å². The van der Waals surface area contributed by atoms with Gasteiger partial charge in [-0.2, -0.15) is 5.10 Å². The maximum atomic E-state index is 10.9. The lowest BCUT2D eigenvalue weighted by Gasteiger charge is -2.00. The van der Waals surface area contributed by atoms with Crippen molar-refractivity contribution in [3.8, 4) is 5.69 Å². The summed E-state index contributed by atoms with van der Waals surface area (Å²) in [6, 6.07) is 7.38. The van der Waals surface area contributed by atoms with Gasteiger partial charge in [-0.1, -0.05) is 11.6 Å². The predicted octanol–water partition coefficient (Wildman–Crippen LogP) is 2.66. The molecule has 1 heterocycles. The van der Waals surface area contributed by atoms with E-state index in [2.05, 4.69) is 5.10 Å². The van der Waals surface area contributed by atoms with E-state index >= 15 is 0 Å². The highest BCUT2D eigenvalue weighted by Crippen LogP contribution is 2.13. The van der Waals surface area contributed by atoms with Crippen molar-refractivity contribution in [1.82, 2.24) is 9.78 Å². The van der Waals surface area contributed by atoms with Crippen LogP contribution in [-0.4, -0.2) is 15.6 Å². The molecule has 0 aliphatic heterocycles. The van der Waals surface area contributed by atoms with E-state index in [1.54, 1.807) is 17.8 Å². The van der Waals surface area contributed by atoms with Crippen LogP contribution in [0, 0.1) is 0 Å². The number of benzene rings is 1. The fourth-order valence-corrected chi connectivity index (χ4v) is 1.60. The molecule has 0 saturated carbocycles. The summed E-state index contributed by atoms with van der Waals surface area (Å²) < 4.78 is 1.73. The molecule has 0 atom stereocenters. The standard InChI is InChI=1S/C12H11ClN2O/c1-9(16)6-10-7-14-15(8-10)12-4-2-11(13)3-5-12/h2-5,7-8H,6H2,1H3. The Labute approximate surface area is 98.7 Å². The molecule has 0 aliphatic carbocycles. The lowest BCUT2D eigenvalue weighted by atomic mass is 10.2. The molecular weight excluding hydrogens is 224 g/mol. The molecule has 0 fully saturated rings. The van der Waals surface area contributed by atoms with Gasteiger partial charge in [-0.3, -0.25) is 4.79 Å². The topological polar surface area (TPSA) is 34.9 Å². The van der Waals surface area contributed by atoms with Crippen molar-refractivity contribution in [2.75, 3.05) is 0 Å². The van der Waals surface area contributed by atoms with Crippen LogP contribution in [0.2, 0.25) is 5.02 Å². The average Bonchev–Trinajstić information content (AvgIpc) is 2.66. The molecule has 0 unspecified atom stereocenters.